The third-order valence-corrected chi connectivity index (χ3v) is 2.84. The van der Waals surface area contributed by atoms with E-state index in [1.54, 1.807) is 0 Å². The van der Waals surface area contributed by atoms with E-state index < -0.39 is 0 Å². The smallest absolute Gasteiger partial charge is 0.140 e. The molecule has 0 aromatic heterocycles. The number of amidine groups is 1. The van der Waals surface area contributed by atoms with Crippen molar-refractivity contribution in [3.8, 4) is 0 Å². The molecule has 4 nitrogen and oxygen atoms in total. The van der Waals surface area contributed by atoms with Crippen molar-refractivity contribution in [3.63, 3.8) is 0 Å². The van der Waals surface area contributed by atoms with E-state index in [0.29, 0.717) is 12.3 Å². The Balaban J connectivity index is 3.51. The van der Waals surface area contributed by atoms with Crippen molar-refractivity contribution >= 4 is 5.84 Å². The SMILES string of the molecule is CCCCCCCN(CC)CCC(N)=NO. The van der Waals surface area contributed by atoms with Gasteiger partial charge in [-0.25, -0.2) is 0 Å². The van der Waals surface area contributed by atoms with Crippen molar-refractivity contribution in [1.82, 2.24) is 4.90 Å². The number of hydrogen-bond donors (Lipinski definition) is 2. The van der Waals surface area contributed by atoms with E-state index in [0.717, 1.165) is 19.6 Å². The van der Waals surface area contributed by atoms with Crippen LogP contribution >= 0.6 is 0 Å². The zero-order valence-electron chi connectivity index (χ0n) is 10.8. The summed E-state index contributed by atoms with van der Waals surface area (Å²) in [6, 6.07) is 0. The molecule has 0 rings (SSSR count). The van der Waals surface area contributed by atoms with Gasteiger partial charge in [-0.3, -0.25) is 0 Å². The van der Waals surface area contributed by atoms with Crippen LogP contribution in [0.1, 0.15) is 52.4 Å². The summed E-state index contributed by atoms with van der Waals surface area (Å²) in [4.78, 5) is 2.35. The molecule has 4 heteroatoms. The molecule has 0 aliphatic carbocycles. The highest BCUT2D eigenvalue weighted by Gasteiger charge is 2.03. The van der Waals surface area contributed by atoms with E-state index in [1.165, 1.54) is 32.1 Å². The molecule has 0 saturated heterocycles. The van der Waals surface area contributed by atoms with Crippen molar-refractivity contribution in [1.29, 1.82) is 0 Å². The molecule has 0 aliphatic rings. The van der Waals surface area contributed by atoms with Crippen molar-refractivity contribution in [2.45, 2.75) is 52.4 Å². The van der Waals surface area contributed by atoms with Gasteiger partial charge in [-0.05, 0) is 19.5 Å². The normalized spacial score (nSPS) is 12.3. The second-order valence-electron chi connectivity index (χ2n) is 4.19. The van der Waals surface area contributed by atoms with Crippen molar-refractivity contribution < 1.29 is 5.21 Å². The minimum absolute atomic E-state index is 0.324. The summed E-state index contributed by atoms with van der Waals surface area (Å²) in [7, 11) is 0. The van der Waals surface area contributed by atoms with Crippen LogP contribution in [-0.4, -0.2) is 35.6 Å². The second-order valence-corrected chi connectivity index (χ2v) is 4.19. The summed E-state index contributed by atoms with van der Waals surface area (Å²) in [5, 5.41) is 11.4. The first-order valence-corrected chi connectivity index (χ1v) is 6.43. The number of nitrogens with zero attached hydrogens (tertiary/aromatic N) is 2. The number of oxime groups is 1. The lowest BCUT2D eigenvalue weighted by molar-refractivity contribution is 0.283. The van der Waals surface area contributed by atoms with E-state index in [1.807, 2.05) is 0 Å². The monoisotopic (exact) mass is 229 g/mol. The van der Waals surface area contributed by atoms with E-state index in [2.05, 4.69) is 23.9 Å². The zero-order valence-corrected chi connectivity index (χ0v) is 10.8. The molecule has 0 atom stereocenters. The highest BCUT2D eigenvalue weighted by atomic mass is 16.4. The molecule has 96 valence electrons. The van der Waals surface area contributed by atoms with Gasteiger partial charge in [-0.1, -0.05) is 44.7 Å². The molecule has 3 N–H and O–H groups in total. The van der Waals surface area contributed by atoms with E-state index >= 15 is 0 Å². The molecule has 0 spiro atoms. The number of nitrogens with two attached hydrogens (primary N) is 1. The molecular formula is C12H27N3O. The van der Waals surface area contributed by atoms with E-state index in [-0.39, 0.29) is 0 Å². The Labute approximate surface area is 99.5 Å². The maximum absolute atomic E-state index is 8.44. The molecule has 0 bridgehead atoms. The zero-order chi connectivity index (χ0) is 12.2. The summed E-state index contributed by atoms with van der Waals surface area (Å²) in [5.41, 5.74) is 5.44. The second kappa shape index (κ2) is 10.7. The van der Waals surface area contributed by atoms with Crippen LogP contribution in [0, 0.1) is 0 Å². The molecule has 16 heavy (non-hydrogen) atoms. The fourth-order valence-corrected chi connectivity index (χ4v) is 1.69. The maximum Gasteiger partial charge on any atom is 0.140 e. The average Bonchev–Trinajstić information content (AvgIpc) is 2.32. The van der Waals surface area contributed by atoms with Gasteiger partial charge < -0.3 is 15.8 Å². The van der Waals surface area contributed by atoms with Crippen molar-refractivity contribution in [3.05, 3.63) is 0 Å². The summed E-state index contributed by atoms with van der Waals surface area (Å²) in [5.74, 6) is 0.324. The Morgan fingerprint density at radius 1 is 1.12 bits per heavy atom. The molecule has 0 aromatic carbocycles. The highest BCUT2D eigenvalue weighted by Crippen LogP contribution is 2.04. The Hall–Kier alpha value is -0.770. The average molecular weight is 229 g/mol. The topological polar surface area (TPSA) is 61.8 Å². The van der Waals surface area contributed by atoms with Crippen LogP contribution in [0.2, 0.25) is 0 Å². The molecule has 0 amide bonds. The van der Waals surface area contributed by atoms with Crippen molar-refractivity contribution in [2.75, 3.05) is 19.6 Å². The lowest BCUT2D eigenvalue weighted by atomic mass is 10.1. The van der Waals surface area contributed by atoms with Gasteiger partial charge in [0, 0.05) is 13.0 Å². The van der Waals surface area contributed by atoms with Gasteiger partial charge in [0.15, 0.2) is 0 Å². The Kier molecular flexibility index (Phi) is 10.2. The third-order valence-electron chi connectivity index (χ3n) is 2.84. The molecule has 0 aromatic rings. The fourth-order valence-electron chi connectivity index (χ4n) is 1.69. The predicted molar refractivity (Wildman–Crippen MR) is 68.9 cm³/mol. The van der Waals surface area contributed by atoms with Gasteiger partial charge in [0.1, 0.15) is 5.84 Å². The quantitative estimate of drug-likeness (QED) is 0.199. The minimum atomic E-state index is 0.324. The van der Waals surface area contributed by atoms with Gasteiger partial charge in [-0.2, -0.15) is 0 Å². The first kappa shape index (κ1) is 15.2. The van der Waals surface area contributed by atoms with Crippen molar-refractivity contribution in [2.24, 2.45) is 10.9 Å². The summed E-state index contributed by atoms with van der Waals surface area (Å²) >= 11 is 0. The molecule has 0 unspecified atom stereocenters. The van der Waals surface area contributed by atoms with Crippen LogP contribution < -0.4 is 5.73 Å². The first-order valence-electron chi connectivity index (χ1n) is 6.43. The van der Waals surface area contributed by atoms with Gasteiger partial charge in [-0.15, -0.1) is 0 Å². The molecular weight excluding hydrogens is 202 g/mol. The van der Waals surface area contributed by atoms with Gasteiger partial charge >= 0.3 is 0 Å². The number of hydrogen-bond acceptors (Lipinski definition) is 3. The molecule has 0 radical (unpaired) electrons. The fraction of sp³-hybridized carbons (Fsp3) is 0.917. The molecule has 0 aliphatic heterocycles. The Morgan fingerprint density at radius 2 is 1.81 bits per heavy atom. The lowest BCUT2D eigenvalue weighted by Gasteiger charge is -2.19. The standard InChI is InChI=1S/C12H27N3O/c1-3-5-6-7-8-10-15(4-2)11-9-12(13)14-16/h16H,3-11H2,1-2H3,(H2,13,14). The van der Waals surface area contributed by atoms with E-state index in [9.17, 15) is 0 Å². The summed E-state index contributed by atoms with van der Waals surface area (Å²) < 4.78 is 0. The van der Waals surface area contributed by atoms with Crippen LogP contribution in [0.5, 0.6) is 0 Å². The minimum Gasteiger partial charge on any atom is -0.409 e. The maximum atomic E-state index is 8.44. The third kappa shape index (κ3) is 8.53. The first-order chi connectivity index (χ1) is 7.74. The van der Waals surface area contributed by atoms with Gasteiger partial charge in [0.25, 0.3) is 0 Å². The Bertz CT molecular complexity index is 183. The number of unbranched alkanes of at least 4 members (excludes halogenated alkanes) is 4. The number of rotatable bonds is 10. The molecule has 0 fully saturated rings. The van der Waals surface area contributed by atoms with Crippen LogP contribution in [0.3, 0.4) is 0 Å². The molecule has 0 saturated carbocycles. The van der Waals surface area contributed by atoms with E-state index in [4.69, 9.17) is 10.9 Å². The summed E-state index contributed by atoms with van der Waals surface area (Å²) in [6.45, 7) is 7.43. The van der Waals surface area contributed by atoms with Crippen LogP contribution in [0.25, 0.3) is 0 Å². The molecule has 0 heterocycles. The van der Waals surface area contributed by atoms with Crippen LogP contribution in [0.4, 0.5) is 0 Å². The van der Waals surface area contributed by atoms with Crippen LogP contribution in [0.15, 0.2) is 5.16 Å². The highest BCUT2D eigenvalue weighted by molar-refractivity contribution is 5.79. The van der Waals surface area contributed by atoms with Gasteiger partial charge in [0.05, 0.1) is 0 Å². The summed E-state index contributed by atoms with van der Waals surface area (Å²) in [6.07, 6.45) is 7.20. The van der Waals surface area contributed by atoms with Gasteiger partial charge in [0.2, 0.25) is 0 Å². The Morgan fingerprint density at radius 3 is 2.38 bits per heavy atom. The largest absolute Gasteiger partial charge is 0.409 e. The predicted octanol–water partition coefficient (Wildman–Crippen LogP) is 2.42. The van der Waals surface area contributed by atoms with Crippen LogP contribution in [-0.2, 0) is 0 Å². The lowest BCUT2D eigenvalue weighted by Crippen LogP contribution is -2.29.